The van der Waals surface area contributed by atoms with E-state index in [1.165, 1.54) is 11.1 Å². The molecule has 124 valence electrons. The van der Waals surface area contributed by atoms with Crippen LogP contribution in [0.5, 0.6) is 0 Å². The molecule has 0 aliphatic carbocycles. The fraction of sp³-hybridized carbons (Fsp3) is 0.211. The summed E-state index contributed by atoms with van der Waals surface area (Å²) in [5, 5.41) is 1.68. The van der Waals surface area contributed by atoms with Gasteiger partial charge in [0.1, 0.15) is 10.1 Å². The van der Waals surface area contributed by atoms with Crippen LogP contribution >= 0.6 is 37.5 Å². The molecular weight excluding hydrogens is 352 g/mol. The Kier molecular flexibility index (Phi) is 5.87. The van der Waals surface area contributed by atoms with E-state index in [2.05, 4.69) is 82.9 Å². The summed E-state index contributed by atoms with van der Waals surface area (Å²) in [5.41, 5.74) is 2.59. The van der Waals surface area contributed by atoms with Crippen molar-refractivity contribution in [3.8, 4) is 0 Å². The van der Waals surface area contributed by atoms with Crippen LogP contribution in [0.15, 0.2) is 70.7 Å². The van der Waals surface area contributed by atoms with Crippen LogP contribution in [0.25, 0.3) is 0 Å². The monoisotopic (exact) mass is 372 g/mol. The van der Waals surface area contributed by atoms with Crippen molar-refractivity contribution in [2.75, 3.05) is 0 Å². The maximum Gasteiger partial charge on any atom is 0.181 e. The second-order valence-corrected chi connectivity index (χ2v) is 6.92. The summed E-state index contributed by atoms with van der Waals surface area (Å²) in [6.07, 6.45) is 1.86. The standard InChI is InChI=1S/C19H20N2S3/c22-17-18(23)21(14-12-16-9-5-2-6-10-16)19(24)20(17)13-11-15-7-3-1-4-8-15/h1-10,22-23H,11-14H2. The van der Waals surface area contributed by atoms with Crippen LogP contribution in [-0.2, 0) is 25.9 Å². The van der Waals surface area contributed by atoms with Gasteiger partial charge in [0.15, 0.2) is 4.77 Å². The average Bonchev–Trinajstić information content (AvgIpc) is 2.82. The fourth-order valence-electron chi connectivity index (χ4n) is 2.74. The molecule has 0 spiro atoms. The topological polar surface area (TPSA) is 9.86 Å². The molecule has 2 aromatic carbocycles. The number of benzene rings is 2. The zero-order chi connectivity index (χ0) is 16.9. The number of rotatable bonds is 6. The van der Waals surface area contributed by atoms with Gasteiger partial charge in [-0.1, -0.05) is 60.7 Å². The van der Waals surface area contributed by atoms with E-state index in [1.807, 2.05) is 12.1 Å². The van der Waals surface area contributed by atoms with E-state index in [1.54, 1.807) is 0 Å². The van der Waals surface area contributed by atoms with E-state index in [-0.39, 0.29) is 0 Å². The molecule has 0 radical (unpaired) electrons. The predicted octanol–water partition coefficient (Wildman–Crippen LogP) is 5.08. The molecule has 0 N–H and O–H groups in total. The van der Waals surface area contributed by atoms with E-state index in [9.17, 15) is 0 Å². The summed E-state index contributed by atoms with van der Waals surface area (Å²) in [4.78, 5) is 0. The van der Waals surface area contributed by atoms with Crippen molar-refractivity contribution < 1.29 is 0 Å². The molecule has 0 saturated heterocycles. The maximum atomic E-state index is 5.66. The van der Waals surface area contributed by atoms with Crippen molar-refractivity contribution in [3.63, 3.8) is 0 Å². The molecule has 0 fully saturated rings. The van der Waals surface area contributed by atoms with E-state index < -0.39 is 0 Å². The number of hydrogen-bond donors (Lipinski definition) is 2. The van der Waals surface area contributed by atoms with Gasteiger partial charge in [0.25, 0.3) is 0 Å². The van der Waals surface area contributed by atoms with Crippen molar-refractivity contribution in [1.82, 2.24) is 9.13 Å². The number of aryl methyl sites for hydroxylation is 2. The summed E-state index contributed by atoms with van der Waals surface area (Å²) in [6, 6.07) is 20.8. The van der Waals surface area contributed by atoms with Crippen LogP contribution in [0, 0.1) is 4.77 Å². The summed E-state index contributed by atoms with van der Waals surface area (Å²) >= 11 is 14.9. The van der Waals surface area contributed by atoms with Crippen LogP contribution in [-0.4, -0.2) is 9.13 Å². The number of thiol groups is 2. The third-order valence-corrected chi connectivity index (χ3v) is 5.63. The molecule has 0 unspecified atom stereocenters. The van der Waals surface area contributed by atoms with E-state index in [0.717, 1.165) is 40.8 Å². The lowest BCUT2D eigenvalue weighted by Gasteiger charge is -2.06. The smallest absolute Gasteiger partial charge is 0.181 e. The van der Waals surface area contributed by atoms with Crippen LogP contribution in [0.3, 0.4) is 0 Å². The number of imidazole rings is 1. The predicted molar refractivity (Wildman–Crippen MR) is 108 cm³/mol. The van der Waals surface area contributed by atoms with Crippen LogP contribution < -0.4 is 0 Å². The van der Waals surface area contributed by atoms with Gasteiger partial charge in [-0.05, 0) is 36.2 Å². The fourth-order valence-corrected chi connectivity index (χ4v) is 3.87. The Bertz CT molecular complexity index is 782. The molecule has 3 rings (SSSR count). The van der Waals surface area contributed by atoms with Crippen molar-refractivity contribution in [2.24, 2.45) is 0 Å². The molecule has 24 heavy (non-hydrogen) atoms. The van der Waals surface area contributed by atoms with Gasteiger partial charge < -0.3 is 9.13 Å². The normalized spacial score (nSPS) is 10.9. The molecule has 0 atom stereocenters. The minimum atomic E-state index is 0.789. The van der Waals surface area contributed by atoms with Gasteiger partial charge >= 0.3 is 0 Å². The lowest BCUT2D eigenvalue weighted by molar-refractivity contribution is 0.606. The summed E-state index contributed by atoms with van der Waals surface area (Å²) < 4.78 is 4.93. The molecule has 0 amide bonds. The van der Waals surface area contributed by atoms with Crippen molar-refractivity contribution in [2.45, 2.75) is 36.0 Å². The highest BCUT2D eigenvalue weighted by molar-refractivity contribution is 7.83. The number of nitrogens with zero attached hydrogens (tertiary/aromatic N) is 2. The third-order valence-electron chi connectivity index (χ3n) is 4.11. The number of hydrogen-bond acceptors (Lipinski definition) is 3. The lowest BCUT2D eigenvalue weighted by atomic mass is 10.1. The minimum Gasteiger partial charge on any atom is -0.311 e. The van der Waals surface area contributed by atoms with E-state index in [4.69, 9.17) is 12.2 Å². The zero-order valence-corrected chi connectivity index (χ0v) is 15.9. The SMILES string of the molecule is S=c1n(CCc2ccccc2)c(S)c(S)n1CCc1ccccc1. The van der Waals surface area contributed by atoms with Gasteiger partial charge in [-0.25, -0.2) is 0 Å². The zero-order valence-electron chi connectivity index (χ0n) is 13.3. The van der Waals surface area contributed by atoms with Gasteiger partial charge in [-0.15, -0.1) is 25.3 Å². The van der Waals surface area contributed by atoms with Gasteiger partial charge in [0.2, 0.25) is 0 Å². The largest absolute Gasteiger partial charge is 0.311 e. The highest BCUT2D eigenvalue weighted by atomic mass is 32.1. The maximum absolute atomic E-state index is 5.66. The second-order valence-electron chi connectivity index (χ2n) is 5.70. The molecule has 0 bridgehead atoms. The van der Waals surface area contributed by atoms with Gasteiger partial charge in [-0.2, -0.15) is 0 Å². The number of aromatic nitrogens is 2. The van der Waals surface area contributed by atoms with Crippen molar-refractivity contribution in [3.05, 3.63) is 76.6 Å². The van der Waals surface area contributed by atoms with Crippen LogP contribution in [0.4, 0.5) is 0 Å². The summed E-state index contributed by atoms with van der Waals surface area (Å²) in [6.45, 7) is 1.63. The lowest BCUT2D eigenvalue weighted by Crippen LogP contribution is -2.06. The highest BCUT2D eigenvalue weighted by Gasteiger charge is 2.12. The first-order valence-electron chi connectivity index (χ1n) is 7.96. The third kappa shape index (κ3) is 3.97. The van der Waals surface area contributed by atoms with Gasteiger partial charge in [0, 0.05) is 13.1 Å². The average molecular weight is 373 g/mol. The van der Waals surface area contributed by atoms with Crippen LogP contribution in [0.1, 0.15) is 11.1 Å². The first kappa shape index (κ1) is 17.4. The Labute approximate surface area is 159 Å². The molecule has 3 aromatic rings. The Morgan fingerprint density at radius 1 is 0.667 bits per heavy atom. The first-order valence-corrected chi connectivity index (χ1v) is 9.26. The molecular formula is C19H20N2S3. The molecule has 5 heteroatoms. The molecule has 0 aliphatic rings. The Hall–Kier alpha value is -1.43. The van der Waals surface area contributed by atoms with Crippen LogP contribution in [0.2, 0.25) is 0 Å². The quantitative estimate of drug-likeness (QED) is 0.453. The summed E-state index contributed by atoms with van der Waals surface area (Å²) in [7, 11) is 0. The molecule has 2 nitrogen and oxygen atoms in total. The molecule has 0 saturated carbocycles. The Morgan fingerprint density at radius 3 is 1.42 bits per heavy atom. The first-order chi connectivity index (χ1) is 11.7. The second kappa shape index (κ2) is 8.10. The van der Waals surface area contributed by atoms with Gasteiger partial charge in [-0.3, -0.25) is 0 Å². The minimum absolute atomic E-state index is 0.789. The Morgan fingerprint density at radius 2 is 1.04 bits per heavy atom. The van der Waals surface area contributed by atoms with Crippen molar-refractivity contribution in [1.29, 1.82) is 0 Å². The molecule has 0 aliphatic heterocycles. The van der Waals surface area contributed by atoms with E-state index >= 15 is 0 Å². The molecule has 1 heterocycles. The molecule has 1 aromatic heterocycles. The summed E-state index contributed by atoms with van der Waals surface area (Å²) in [5.74, 6) is 0. The highest BCUT2D eigenvalue weighted by Crippen LogP contribution is 2.23. The van der Waals surface area contributed by atoms with E-state index in [0.29, 0.717) is 0 Å². The Balaban J connectivity index is 1.75. The van der Waals surface area contributed by atoms with Gasteiger partial charge in [0.05, 0.1) is 0 Å². The van der Waals surface area contributed by atoms with Crippen molar-refractivity contribution >= 4 is 37.5 Å².